The Kier molecular flexibility index (Phi) is 4.53. The van der Waals surface area contributed by atoms with E-state index >= 15 is 0 Å². The largest absolute Gasteiger partial charge is 0.469 e. The van der Waals surface area contributed by atoms with Crippen molar-refractivity contribution in [2.45, 2.75) is 6.42 Å². The third-order valence-corrected chi connectivity index (χ3v) is 2.45. The van der Waals surface area contributed by atoms with E-state index in [0.717, 1.165) is 0 Å². The first-order valence-electron chi connectivity index (χ1n) is 5.42. The molecule has 0 saturated heterocycles. The highest BCUT2D eigenvalue weighted by atomic mass is 16.5. The molecule has 1 rings (SSSR count). The van der Waals surface area contributed by atoms with Crippen LogP contribution in [0.4, 0.5) is 11.4 Å². The van der Waals surface area contributed by atoms with Gasteiger partial charge in [0.15, 0.2) is 0 Å². The predicted octanol–water partition coefficient (Wildman–Crippen LogP) is 0.486. The summed E-state index contributed by atoms with van der Waals surface area (Å²) in [6.45, 7) is 0.278. The molecule has 4 N–H and O–H groups in total. The van der Waals surface area contributed by atoms with Crippen molar-refractivity contribution in [3.05, 3.63) is 23.8 Å². The fraction of sp³-hybridized carbons (Fsp3) is 0.333. The van der Waals surface area contributed by atoms with E-state index in [1.807, 2.05) is 0 Å². The van der Waals surface area contributed by atoms with Crippen LogP contribution in [0.1, 0.15) is 16.8 Å². The number of nitrogen functional groups attached to an aromatic ring is 2. The number of nitrogens with two attached hydrogens (primary N) is 2. The molecule has 6 nitrogen and oxygen atoms in total. The Morgan fingerprint density at radius 3 is 2.28 bits per heavy atom. The number of hydrogen-bond donors (Lipinski definition) is 2. The normalized spacial score (nSPS) is 9.89. The summed E-state index contributed by atoms with van der Waals surface area (Å²) in [6.07, 6.45) is 0.149. The highest BCUT2D eigenvalue weighted by Crippen LogP contribution is 2.15. The Labute approximate surface area is 105 Å². The van der Waals surface area contributed by atoms with Crippen molar-refractivity contribution >= 4 is 23.3 Å². The van der Waals surface area contributed by atoms with Gasteiger partial charge in [-0.05, 0) is 18.2 Å². The lowest BCUT2D eigenvalue weighted by molar-refractivity contribution is -0.140. The van der Waals surface area contributed by atoms with Gasteiger partial charge in [0.25, 0.3) is 5.91 Å². The highest BCUT2D eigenvalue weighted by Gasteiger charge is 2.14. The Balaban J connectivity index is 2.71. The number of nitrogens with zero attached hydrogens (tertiary/aromatic N) is 1. The van der Waals surface area contributed by atoms with Crippen LogP contribution in [0.15, 0.2) is 18.2 Å². The van der Waals surface area contributed by atoms with Gasteiger partial charge in [0.1, 0.15) is 0 Å². The molecule has 0 spiro atoms. The number of amides is 1. The molecule has 0 saturated carbocycles. The van der Waals surface area contributed by atoms with E-state index in [-0.39, 0.29) is 24.8 Å². The van der Waals surface area contributed by atoms with Crippen molar-refractivity contribution in [3.8, 4) is 0 Å². The Hall–Kier alpha value is -2.24. The summed E-state index contributed by atoms with van der Waals surface area (Å²) in [5, 5.41) is 0. The first-order chi connectivity index (χ1) is 8.43. The number of benzene rings is 1. The lowest BCUT2D eigenvalue weighted by atomic mass is 10.1. The summed E-state index contributed by atoms with van der Waals surface area (Å²) in [5.41, 5.74) is 12.5. The van der Waals surface area contributed by atoms with Crippen molar-refractivity contribution in [3.63, 3.8) is 0 Å². The molecule has 18 heavy (non-hydrogen) atoms. The van der Waals surface area contributed by atoms with Crippen LogP contribution >= 0.6 is 0 Å². The number of rotatable bonds is 4. The molecule has 0 radical (unpaired) electrons. The third-order valence-electron chi connectivity index (χ3n) is 2.45. The van der Waals surface area contributed by atoms with Gasteiger partial charge in [-0.1, -0.05) is 0 Å². The number of anilines is 2. The fourth-order valence-corrected chi connectivity index (χ4v) is 1.48. The summed E-state index contributed by atoms with van der Waals surface area (Å²) in [5.74, 6) is -0.598. The molecule has 1 aromatic carbocycles. The van der Waals surface area contributed by atoms with Crippen LogP contribution in [-0.2, 0) is 9.53 Å². The zero-order valence-electron chi connectivity index (χ0n) is 10.5. The average molecular weight is 251 g/mol. The predicted molar refractivity (Wildman–Crippen MR) is 68.9 cm³/mol. The molecular formula is C12H17N3O3. The summed E-state index contributed by atoms with van der Waals surface area (Å²) in [6, 6.07) is 4.67. The molecule has 1 aromatic rings. The van der Waals surface area contributed by atoms with Gasteiger partial charge >= 0.3 is 5.97 Å². The van der Waals surface area contributed by atoms with Gasteiger partial charge in [0, 0.05) is 30.5 Å². The van der Waals surface area contributed by atoms with Gasteiger partial charge in [-0.15, -0.1) is 0 Å². The van der Waals surface area contributed by atoms with E-state index < -0.39 is 0 Å². The molecule has 0 unspecified atom stereocenters. The van der Waals surface area contributed by atoms with E-state index in [1.165, 1.54) is 12.0 Å². The van der Waals surface area contributed by atoms with Crippen LogP contribution in [0.3, 0.4) is 0 Å². The SMILES string of the molecule is COC(=O)CCN(C)C(=O)c1cc(N)cc(N)c1. The van der Waals surface area contributed by atoms with Gasteiger partial charge < -0.3 is 21.1 Å². The van der Waals surface area contributed by atoms with E-state index in [2.05, 4.69) is 4.74 Å². The standard InChI is InChI=1S/C12H17N3O3/c1-15(4-3-11(16)18-2)12(17)8-5-9(13)7-10(14)6-8/h5-7H,3-4,13-14H2,1-2H3. The van der Waals surface area contributed by atoms with Crippen molar-refractivity contribution in [2.24, 2.45) is 0 Å². The minimum absolute atomic E-state index is 0.149. The number of esters is 1. The second-order valence-electron chi connectivity index (χ2n) is 3.94. The molecule has 0 aliphatic rings. The van der Waals surface area contributed by atoms with Gasteiger partial charge in [-0.25, -0.2) is 0 Å². The molecule has 1 amide bonds. The van der Waals surface area contributed by atoms with Crippen molar-refractivity contribution < 1.29 is 14.3 Å². The van der Waals surface area contributed by atoms with Gasteiger partial charge in [-0.3, -0.25) is 9.59 Å². The van der Waals surface area contributed by atoms with Crippen LogP contribution in [-0.4, -0.2) is 37.5 Å². The van der Waals surface area contributed by atoms with Crippen LogP contribution in [0.2, 0.25) is 0 Å². The molecule has 6 heteroatoms. The summed E-state index contributed by atoms with van der Waals surface area (Å²) < 4.78 is 4.51. The second kappa shape index (κ2) is 5.90. The molecule has 0 bridgehead atoms. The van der Waals surface area contributed by atoms with Gasteiger partial charge in [0.2, 0.25) is 0 Å². The lowest BCUT2D eigenvalue weighted by Gasteiger charge is -2.17. The number of carbonyl (C=O) groups excluding carboxylic acids is 2. The molecule has 0 aliphatic heterocycles. The Morgan fingerprint density at radius 2 is 1.78 bits per heavy atom. The van der Waals surface area contributed by atoms with E-state index in [1.54, 1.807) is 25.2 Å². The highest BCUT2D eigenvalue weighted by molar-refractivity contribution is 5.96. The average Bonchev–Trinajstić information content (AvgIpc) is 2.33. The van der Waals surface area contributed by atoms with Crippen LogP contribution in [0.5, 0.6) is 0 Å². The van der Waals surface area contributed by atoms with E-state index in [0.29, 0.717) is 16.9 Å². The molecule has 0 fully saturated rings. The molecule has 98 valence electrons. The van der Waals surface area contributed by atoms with E-state index in [4.69, 9.17) is 11.5 Å². The fourth-order valence-electron chi connectivity index (χ4n) is 1.48. The van der Waals surface area contributed by atoms with Gasteiger partial charge in [-0.2, -0.15) is 0 Å². The van der Waals surface area contributed by atoms with Crippen molar-refractivity contribution in [2.75, 3.05) is 32.2 Å². The lowest BCUT2D eigenvalue weighted by Crippen LogP contribution is -2.29. The number of hydrogen-bond acceptors (Lipinski definition) is 5. The topological polar surface area (TPSA) is 98.6 Å². The Morgan fingerprint density at radius 1 is 1.22 bits per heavy atom. The summed E-state index contributed by atoms with van der Waals surface area (Å²) in [7, 11) is 2.91. The van der Waals surface area contributed by atoms with Crippen molar-refractivity contribution in [1.82, 2.24) is 4.90 Å². The molecule has 0 aromatic heterocycles. The zero-order valence-corrected chi connectivity index (χ0v) is 10.5. The van der Waals surface area contributed by atoms with Crippen LogP contribution < -0.4 is 11.5 Å². The quantitative estimate of drug-likeness (QED) is 0.599. The molecule has 0 aliphatic carbocycles. The Bertz CT molecular complexity index is 440. The second-order valence-corrected chi connectivity index (χ2v) is 3.94. The minimum Gasteiger partial charge on any atom is -0.469 e. The van der Waals surface area contributed by atoms with Crippen LogP contribution in [0.25, 0.3) is 0 Å². The molecular weight excluding hydrogens is 234 g/mol. The number of carbonyl (C=O) groups is 2. The van der Waals surface area contributed by atoms with E-state index in [9.17, 15) is 9.59 Å². The maximum Gasteiger partial charge on any atom is 0.307 e. The monoisotopic (exact) mass is 251 g/mol. The van der Waals surface area contributed by atoms with Crippen LogP contribution in [0, 0.1) is 0 Å². The first kappa shape index (κ1) is 13.8. The maximum absolute atomic E-state index is 12.0. The smallest absolute Gasteiger partial charge is 0.307 e. The third kappa shape index (κ3) is 3.65. The summed E-state index contributed by atoms with van der Waals surface area (Å²) in [4.78, 5) is 24.4. The number of methoxy groups -OCH3 is 1. The number of ether oxygens (including phenoxy) is 1. The minimum atomic E-state index is -0.360. The summed E-state index contributed by atoms with van der Waals surface area (Å²) >= 11 is 0. The maximum atomic E-state index is 12.0. The molecule has 0 heterocycles. The first-order valence-corrected chi connectivity index (χ1v) is 5.42. The van der Waals surface area contributed by atoms with Gasteiger partial charge in [0.05, 0.1) is 13.5 Å². The van der Waals surface area contributed by atoms with Crippen molar-refractivity contribution in [1.29, 1.82) is 0 Å². The molecule has 0 atom stereocenters. The zero-order chi connectivity index (χ0) is 13.7.